The zero-order valence-corrected chi connectivity index (χ0v) is 16.4. The van der Waals surface area contributed by atoms with Gasteiger partial charge in [-0.25, -0.2) is 0 Å². The molecule has 3 N–H and O–H groups in total. The quantitative estimate of drug-likeness (QED) is 0.285. The van der Waals surface area contributed by atoms with Gasteiger partial charge >= 0.3 is 0 Å². The van der Waals surface area contributed by atoms with Crippen LogP contribution in [0.3, 0.4) is 0 Å². The van der Waals surface area contributed by atoms with E-state index >= 15 is 0 Å². The average Bonchev–Trinajstić information content (AvgIpc) is 2.77. The van der Waals surface area contributed by atoms with Crippen molar-refractivity contribution < 1.29 is 14.5 Å². The molecule has 154 valence electrons. The maximum atomic E-state index is 13.3. The number of carbonyl (C=O) groups excluding carboxylic acids is 2. The van der Waals surface area contributed by atoms with Gasteiger partial charge in [0.15, 0.2) is 0 Å². The third-order valence-electron chi connectivity index (χ3n) is 5.23. The van der Waals surface area contributed by atoms with Crippen molar-refractivity contribution in [3.63, 3.8) is 0 Å². The van der Waals surface area contributed by atoms with Gasteiger partial charge in [-0.1, -0.05) is 60.7 Å². The molecule has 0 aliphatic carbocycles. The molecule has 0 aliphatic heterocycles. The fourth-order valence-electron chi connectivity index (χ4n) is 3.70. The number of nitro benzene ring substituents is 1. The van der Waals surface area contributed by atoms with Crippen LogP contribution in [0.2, 0.25) is 0 Å². The van der Waals surface area contributed by atoms with Crippen LogP contribution in [-0.2, 0) is 11.2 Å². The number of nitrogens with one attached hydrogen (secondary N) is 1. The normalized spacial score (nSPS) is 11.9. The Hall–Kier alpha value is -4.26. The number of nitrogens with zero attached hydrogens (tertiary/aromatic N) is 1. The Kier molecular flexibility index (Phi) is 5.32. The summed E-state index contributed by atoms with van der Waals surface area (Å²) in [6.45, 7) is 0. The van der Waals surface area contributed by atoms with Gasteiger partial charge in [-0.3, -0.25) is 19.7 Å². The molecular formula is C24H19N3O4. The smallest absolute Gasteiger partial charge is 0.269 e. The van der Waals surface area contributed by atoms with E-state index in [-0.39, 0.29) is 12.1 Å². The first kappa shape index (κ1) is 20.0. The van der Waals surface area contributed by atoms with Crippen molar-refractivity contribution in [3.05, 3.63) is 100 Å². The summed E-state index contributed by atoms with van der Waals surface area (Å²) in [5, 5.41) is 17.0. The molecule has 0 radical (unpaired) electrons. The largest absolute Gasteiger partial charge is 0.368 e. The topological polar surface area (TPSA) is 115 Å². The fourth-order valence-corrected chi connectivity index (χ4v) is 3.70. The molecule has 0 heterocycles. The first-order valence-electron chi connectivity index (χ1n) is 9.68. The summed E-state index contributed by atoms with van der Waals surface area (Å²) in [4.78, 5) is 35.7. The Morgan fingerprint density at radius 2 is 1.45 bits per heavy atom. The minimum atomic E-state index is -0.966. The molecule has 0 aromatic heterocycles. The van der Waals surface area contributed by atoms with Gasteiger partial charge in [-0.15, -0.1) is 0 Å². The number of benzene rings is 4. The van der Waals surface area contributed by atoms with Gasteiger partial charge in [0.25, 0.3) is 11.6 Å². The van der Waals surface area contributed by atoms with E-state index in [4.69, 9.17) is 5.73 Å². The molecule has 0 unspecified atom stereocenters. The number of rotatable bonds is 6. The second-order valence-electron chi connectivity index (χ2n) is 7.25. The second kappa shape index (κ2) is 8.23. The number of amides is 2. The van der Waals surface area contributed by atoms with Gasteiger partial charge < -0.3 is 11.1 Å². The van der Waals surface area contributed by atoms with E-state index in [1.807, 2.05) is 54.6 Å². The van der Waals surface area contributed by atoms with E-state index in [0.29, 0.717) is 11.1 Å². The van der Waals surface area contributed by atoms with Crippen molar-refractivity contribution in [2.75, 3.05) is 0 Å². The third kappa shape index (κ3) is 4.06. The molecule has 0 saturated carbocycles. The van der Waals surface area contributed by atoms with E-state index in [1.165, 1.54) is 12.1 Å². The lowest BCUT2D eigenvalue weighted by molar-refractivity contribution is -0.384. The number of hydrogen-bond donors (Lipinski definition) is 2. The monoisotopic (exact) mass is 413 g/mol. The van der Waals surface area contributed by atoms with Gasteiger partial charge in [-0.2, -0.15) is 0 Å². The van der Waals surface area contributed by atoms with E-state index in [2.05, 4.69) is 5.32 Å². The standard InChI is InChI=1S/C24H19N3O4/c25-23(28)21(13-15-9-11-18(12-10-15)27(30)31)26-24(29)22-19-7-3-1-5-16(19)14-17-6-2-4-8-20(17)22/h1-12,14,21H,13H2,(H2,25,28)(H,26,29)/t21-/m1/s1. The highest BCUT2D eigenvalue weighted by Crippen LogP contribution is 2.28. The molecule has 4 rings (SSSR count). The van der Waals surface area contributed by atoms with Gasteiger partial charge in [0.05, 0.1) is 10.5 Å². The van der Waals surface area contributed by atoms with Crippen LogP contribution < -0.4 is 11.1 Å². The van der Waals surface area contributed by atoms with E-state index in [0.717, 1.165) is 21.5 Å². The fraction of sp³-hybridized carbons (Fsp3) is 0.0833. The Bertz CT molecular complexity index is 1260. The molecule has 7 nitrogen and oxygen atoms in total. The summed E-state index contributed by atoms with van der Waals surface area (Å²) in [5.74, 6) is -1.09. The minimum absolute atomic E-state index is 0.0503. The van der Waals surface area contributed by atoms with E-state index in [9.17, 15) is 19.7 Å². The van der Waals surface area contributed by atoms with Crippen molar-refractivity contribution in [2.24, 2.45) is 5.73 Å². The Balaban J connectivity index is 1.68. The van der Waals surface area contributed by atoms with Crippen LogP contribution in [-0.4, -0.2) is 22.8 Å². The number of primary amides is 1. The first-order chi connectivity index (χ1) is 14.9. The predicted molar refractivity (Wildman–Crippen MR) is 119 cm³/mol. The van der Waals surface area contributed by atoms with Crippen LogP contribution in [0.25, 0.3) is 21.5 Å². The van der Waals surface area contributed by atoms with Crippen molar-refractivity contribution in [2.45, 2.75) is 12.5 Å². The van der Waals surface area contributed by atoms with Crippen LogP contribution >= 0.6 is 0 Å². The minimum Gasteiger partial charge on any atom is -0.368 e. The van der Waals surface area contributed by atoms with Crippen LogP contribution in [0.1, 0.15) is 15.9 Å². The number of carbonyl (C=O) groups is 2. The third-order valence-corrected chi connectivity index (χ3v) is 5.23. The molecular weight excluding hydrogens is 394 g/mol. The maximum Gasteiger partial charge on any atom is 0.269 e. The molecule has 0 spiro atoms. The van der Waals surface area contributed by atoms with E-state index in [1.54, 1.807) is 12.1 Å². The SMILES string of the molecule is NC(=O)[C@@H](Cc1ccc([N+](=O)[O-])cc1)NC(=O)c1c2ccccc2cc2ccccc12. The van der Waals surface area contributed by atoms with Crippen molar-refractivity contribution in [3.8, 4) is 0 Å². The molecule has 4 aromatic rings. The molecule has 7 heteroatoms. The van der Waals surface area contributed by atoms with E-state index < -0.39 is 22.8 Å². The van der Waals surface area contributed by atoms with Crippen molar-refractivity contribution in [1.82, 2.24) is 5.32 Å². The van der Waals surface area contributed by atoms with Crippen LogP contribution in [0, 0.1) is 10.1 Å². The predicted octanol–water partition coefficient (Wildman–Crippen LogP) is 3.73. The summed E-state index contributed by atoms with van der Waals surface area (Å²) in [6, 6.07) is 22.0. The molecule has 0 aliphatic rings. The Morgan fingerprint density at radius 1 is 0.903 bits per heavy atom. The summed E-state index contributed by atoms with van der Waals surface area (Å²) >= 11 is 0. The second-order valence-corrected chi connectivity index (χ2v) is 7.25. The van der Waals surface area contributed by atoms with Crippen molar-refractivity contribution in [1.29, 1.82) is 0 Å². The highest BCUT2D eigenvalue weighted by atomic mass is 16.6. The Morgan fingerprint density at radius 3 is 1.97 bits per heavy atom. The van der Waals surface area contributed by atoms with Crippen LogP contribution in [0.5, 0.6) is 0 Å². The highest BCUT2D eigenvalue weighted by Gasteiger charge is 2.22. The number of non-ortho nitro benzene ring substituents is 1. The molecule has 0 bridgehead atoms. The lowest BCUT2D eigenvalue weighted by Gasteiger charge is -2.18. The van der Waals surface area contributed by atoms with Crippen LogP contribution in [0.15, 0.2) is 78.9 Å². The zero-order valence-electron chi connectivity index (χ0n) is 16.4. The van der Waals surface area contributed by atoms with Crippen LogP contribution in [0.4, 0.5) is 5.69 Å². The summed E-state index contributed by atoms with van der Waals surface area (Å²) in [7, 11) is 0. The summed E-state index contributed by atoms with van der Waals surface area (Å²) in [6.07, 6.45) is 0.127. The lowest BCUT2D eigenvalue weighted by atomic mass is 9.95. The first-order valence-corrected chi connectivity index (χ1v) is 9.68. The molecule has 31 heavy (non-hydrogen) atoms. The molecule has 0 fully saturated rings. The number of nitro groups is 1. The average molecular weight is 413 g/mol. The highest BCUT2D eigenvalue weighted by molar-refractivity contribution is 6.18. The number of nitrogens with two attached hydrogens (primary N) is 1. The summed E-state index contributed by atoms with van der Waals surface area (Å²) < 4.78 is 0. The zero-order chi connectivity index (χ0) is 22.0. The van der Waals surface area contributed by atoms with Crippen molar-refractivity contribution >= 4 is 39.0 Å². The summed E-state index contributed by atoms with van der Waals surface area (Å²) in [5.41, 5.74) is 6.63. The molecule has 0 saturated heterocycles. The van der Waals surface area contributed by atoms with Gasteiger partial charge in [0, 0.05) is 18.6 Å². The number of fused-ring (bicyclic) bond motifs is 2. The molecule has 2 amide bonds. The van der Waals surface area contributed by atoms with Gasteiger partial charge in [0.1, 0.15) is 6.04 Å². The number of hydrogen-bond acceptors (Lipinski definition) is 4. The molecule has 1 atom stereocenters. The van der Waals surface area contributed by atoms with Gasteiger partial charge in [0.2, 0.25) is 5.91 Å². The lowest BCUT2D eigenvalue weighted by Crippen LogP contribution is -2.46. The Labute approximate surface area is 177 Å². The maximum absolute atomic E-state index is 13.3. The van der Waals surface area contributed by atoms with Gasteiger partial charge in [-0.05, 0) is 33.2 Å². The molecule has 4 aromatic carbocycles.